The number of rotatable bonds is 9. The zero-order chi connectivity index (χ0) is 13.3. The van der Waals surface area contributed by atoms with Crippen LogP contribution in [0.15, 0.2) is 0 Å². The molecule has 0 fully saturated rings. The van der Waals surface area contributed by atoms with Crippen LogP contribution < -0.4 is 0 Å². The van der Waals surface area contributed by atoms with E-state index < -0.39 is 23.6 Å². The van der Waals surface area contributed by atoms with E-state index in [1.54, 1.807) is 0 Å². The molecule has 6 nitrogen and oxygen atoms in total. The maximum Gasteiger partial charge on any atom is 0.317 e. The molecule has 0 aliphatic heterocycles. The molecule has 0 aliphatic carbocycles. The number of carbonyl (C=O) groups excluding carboxylic acids is 1. The molecule has 0 saturated carbocycles. The molecule has 0 spiro atoms. The van der Waals surface area contributed by atoms with Gasteiger partial charge in [0.25, 0.3) is 0 Å². The van der Waals surface area contributed by atoms with Crippen LogP contribution in [0.4, 0.5) is 0 Å². The first-order valence-corrected chi connectivity index (χ1v) is 6.15. The number of carboxylic acid groups (broad SMARTS) is 2. The Labute approximate surface area is 103 Å². The lowest BCUT2D eigenvalue weighted by molar-refractivity contribution is -0.142. The Kier molecular flexibility index (Phi) is 8.21. The van der Waals surface area contributed by atoms with Crippen molar-refractivity contribution in [2.75, 3.05) is 12.9 Å². The zero-order valence-electron chi connectivity index (χ0n) is 9.55. The Hall–Kier alpha value is -1.24. The molecule has 0 rings (SSSR count). The lowest BCUT2D eigenvalue weighted by Gasteiger charge is -2.08. The molecular formula is C10H16O6S. The summed E-state index contributed by atoms with van der Waals surface area (Å²) in [5, 5.41) is 16.3. The summed E-state index contributed by atoms with van der Waals surface area (Å²) in [6.07, 6.45) is 1.17. The lowest BCUT2D eigenvalue weighted by atomic mass is 10.2. The van der Waals surface area contributed by atoms with E-state index in [2.05, 4.69) is 4.74 Å². The predicted molar refractivity (Wildman–Crippen MR) is 62.0 cm³/mol. The van der Waals surface area contributed by atoms with Crippen molar-refractivity contribution in [3.05, 3.63) is 0 Å². The topological polar surface area (TPSA) is 101 Å². The van der Waals surface area contributed by atoms with Crippen LogP contribution in [0.1, 0.15) is 25.7 Å². The number of hydrogen-bond acceptors (Lipinski definition) is 5. The van der Waals surface area contributed by atoms with Crippen molar-refractivity contribution < 1.29 is 29.3 Å². The van der Waals surface area contributed by atoms with Gasteiger partial charge in [0, 0.05) is 6.42 Å². The smallest absolute Gasteiger partial charge is 0.317 e. The monoisotopic (exact) mass is 264 g/mol. The molecule has 0 aromatic heterocycles. The number of methoxy groups -OCH3 is 1. The SMILES string of the molecule is COC(=O)CCCCSC(CC(=O)O)C(=O)O. The number of thioether (sulfide) groups is 1. The highest BCUT2D eigenvalue weighted by atomic mass is 32.2. The van der Waals surface area contributed by atoms with E-state index in [1.807, 2.05) is 0 Å². The van der Waals surface area contributed by atoms with Crippen LogP contribution in [0.3, 0.4) is 0 Å². The van der Waals surface area contributed by atoms with Crippen LogP contribution in [-0.2, 0) is 19.1 Å². The summed E-state index contributed by atoms with van der Waals surface area (Å²) in [5.41, 5.74) is 0. The van der Waals surface area contributed by atoms with Crippen LogP contribution in [0.5, 0.6) is 0 Å². The molecule has 0 amide bonds. The number of aliphatic carboxylic acids is 2. The largest absolute Gasteiger partial charge is 0.481 e. The van der Waals surface area contributed by atoms with Crippen LogP contribution in [-0.4, -0.2) is 46.2 Å². The Bertz CT molecular complexity index is 278. The molecule has 1 unspecified atom stereocenters. The van der Waals surface area contributed by atoms with Crippen molar-refractivity contribution in [1.29, 1.82) is 0 Å². The minimum Gasteiger partial charge on any atom is -0.481 e. The fourth-order valence-electron chi connectivity index (χ4n) is 1.08. The average molecular weight is 264 g/mol. The molecule has 0 aliphatic rings. The van der Waals surface area contributed by atoms with E-state index in [0.717, 1.165) is 11.8 Å². The quantitative estimate of drug-likeness (QED) is 0.473. The summed E-state index contributed by atoms with van der Waals surface area (Å²) < 4.78 is 4.45. The van der Waals surface area contributed by atoms with E-state index in [1.165, 1.54) is 7.11 Å². The Balaban J connectivity index is 3.72. The zero-order valence-corrected chi connectivity index (χ0v) is 10.4. The number of ether oxygens (including phenoxy) is 1. The minimum absolute atomic E-state index is 0.296. The molecule has 98 valence electrons. The number of hydrogen-bond donors (Lipinski definition) is 2. The molecule has 0 aromatic carbocycles. The molecule has 1 atom stereocenters. The molecule has 0 heterocycles. The third-order valence-corrected chi connectivity index (χ3v) is 3.25. The van der Waals surface area contributed by atoms with E-state index in [0.29, 0.717) is 25.0 Å². The second kappa shape index (κ2) is 8.86. The lowest BCUT2D eigenvalue weighted by Crippen LogP contribution is -2.20. The fraction of sp³-hybridized carbons (Fsp3) is 0.700. The average Bonchev–Trinajstić information content (AvgIpc) is 2.25. The van der Waals surface area contributed by atoms with Gasteiger partial charge in [-0.15, -0.1) is 11.8 Å². The van der Waals surface area contributed by atoms with Crippen molar-refractivity contribution in [2.24, 2.45) is 0 Å². The maximum atomic E-state index is 10.8. The molecule has 2 N–H and O–H groups in total. The molecule has 0 bridgehead atoms. The van der Waals surface area contributed by atoms with Crippen molar-refractivity contribution in [3.8, 4) is 0 Å². The van der Waals surface area contributed by atoms with Gasteiger partial charge < -0.3 is 14.9 Å². The van der Waals surface area contributed by atoms with Gasteiger partial charge >= 0.3 is 17.9 Å². The molecule has 17 heavy (non-hydrogen) atoms. The Morgan fingerprint density at radius 2 is 1.88 bits per heavy atom. The highest BCUT2D eigenvalue weighted by Gasteiger charge is 2.20. The van der Waals surface area contributed by atoms with E-state index >= 15 is 0 Å². The number of unbranched alkanes of at least 4 members (excludes halogenated alkanes) is 1. The van der Waals surface area contributed by atoms with E-state index in [-0.39, 0.29) is 5.97 Å². The van der Waals surface area contributed by atoms with Crippen molar-refractivity contribution in [2.45, 2.75) is 30.9 Å². The van der Waals surface area contributed by atoms with Gasteiger partial charge in [0.2, 0.25) is 0 Å². The number of carboxylic acids is 2. The Morgan fingerprint density at radius 1 is 1.24 bits per heavy atom. The number of carbonyl (C=O) groups is 3. The van der Waals surface area contributed by atoms with Crippen molar-refractivity contribution >= 4 is 29.7 Å². The summed E-state index contributed by atoms with van der Waals surface area (Å²) in [4.78, 5) is 31.9. The van der Waals surface area contributed by atoms with Crippen LogP contribution in [0.2, 0.25) is 0 Å². The third kappa shape index (κ3) is 8.56. The number of esters is 1. The van der Waals surface area contributed by atoms with E-state index in [4.69, 9.17) is 10.2 Å². The molecule has 7 heteroatoms. The predicted octanol–water partition coefficient (Wildman–Crippen LogP) is 0.991. The second-order valence-corrected chi connectivity index (χ2v) is 4.64. The summed E-state index contributed by atoms with van der Waals surface area (Å²) in [6, 6.07) is 0. The summed E-state index contributed by atoms with van der Waals surface area (Å²) in [7, 11) is 1.31. The van der Waals surface area contributed by atoms with Gasteiger partial charge in [0.05, 0.1) is 13.5 Å². The van der Waals surface area contributed by atoms with Gasteiger partial charge in [0.1, 0.15) is 5.25 Å². The van der Waals surface area contributed by atoms with E-state index in [9.17, 15) is 14.4 Å². The first-order chi connectivity index (χ1) is 7.97. The van der Waals surface area contributed by atoms with Crippen LogP contribution >= 0.6 is 11.8 Å². The molecule has 0 saturated heterocycles. The van der Waals surface area contributed by atoms with Gasteiger partial charge in [0.15, 0.2) is 0 Å². The molecule has 0 radical (unpaired) electrons. The maximum absolute atomic E-state index is 10.8. The third-order valence-electron chi connectivity index (χ3n) is 1.96. The van der Waals surface area contributed by atoms with Crippen LogP contribution in [0, 0.1) is 0 Å². The normalized spacial score (nSPS) is 11.8. The van der Waals surface area contributed by atoms with Gasteiger partial charge in [-0.1, -0.05) is 0 Å². The van der Waals surface area contributed by atoms with Gasteiger partial charge in [-0.3, -0.25) is 14.4 Å². The Morgan fingerprint density at radius 3 is 2.35 bits per heavy atom. The molecule has 0 aromatic rings. The highest BCUT2D eigenvalue weighted by molar-refractivity contribution is 8.00. The van der Waals surface area contributed by atoms with Gasteiger partial charge in [-0.05, 0) is 18.6 Å². The fourth-order valence-corrected chi connectivity index (χ4v) is 2.13. The standard InChI is InChI=1S/C10H16O6S/c1-16-9(13)4-2-3-5-17-7(10(14)15)6-8(11)12/h7H,2-6H2,1H3,(H,11,12)(H,14,15). The minimum atomic E-state index is -1.13. The van der Waals surface area contributed by atoms with Crippen molar-refractivity contribution in [1.82, 2.24) is 0 Å². The second-order valence-electron chi connectivity index (χ2n) is 3.33. The summed E-state index contributed by atoms with van der Waals surface area (Å²) in [5.74, 6) is -2.03. The first kappa shape index (κ1) is 15.8. The van der Waals surface area contributed by atoms with Crippen LogP contribution in [0.25, 0.3) is 0 Å². The first-order valence-electron chi connectivity index (χ1n) is 5.10. The van der Waals surface area contributed by atoms with Gasteiger partial charge in [-0.2, -0.15) is 0 Å². The summed E-state index contributed by atoms with van der Waals surface area (Å²) in [6.45, 7) is 0. The van der Waals surface area contributed by atoms with Crippen molar-refractivity contribution in [3.63, 3.8) is 0 Å². The van der Waals surface area contributed by atoms with Gasteiger partial charge in [-0.25, -0.2) is 0 Å². The highest BCUT2D eigenvalue weighted by Crippen LogP contribution is 2.17. The molecular weight excluding hydrogens is 248 g/mol. The summed E-state index contributed by atoms with van der Waals surface area (Å²) >= 11 is 1.08.